The van der Waals surface area contributed by atoms with Crippen LogP contribution in [0.2, 0.25) is 0 Å². The van der Waals surface area contributed by atoms with E-state index in [1.807, 2.05) is 0 Å². The van der Waals surface area contributed by atoms with Crippen molar-refractivity contribution in [1.29, 1.82) is 0 Å². The molecule has 1 aliphatic heterocycles. The Morgan fingerprint density at radius 3 is 2.84 bits per heavy atom. The Morgan fingerprint density at radius 1 is 1.21 bits per heavy atom. The Morgan fingerprint density at radius 2 is 2.11 bits per heavy atom. The van der Waals surface area contributed by atoms with Crippen LogP contribution in [-0.4, -0.2) is 19.2 Å². The highest BCUT2D eigenvalue weighted by molar-refractivity contribution is 9.10. The first kappa shape index (κ1) is 13.4. The number of piperidine rings is 1. The van der Waals surface area contributed by atoms with Crippen molar-refractivity contribution in [3.63, 3.8) is 0 Å². The Balaban J connectivity index is 1.64. The Kier molecular flexibility index (Phi) is 4.44. The number of benzene rings is 1. The van der Waals surface area contributed by atoms with Gasteiger partial charge in [-0.25, -0.2) is 0 Å². The first-order chi connectivity index (χ1) is 9.33. The number of hydrogen-bond acceptors (Lipinski definition) is 2. The molecule has 1 saturated heterocycles. The summed E-state index contributed by atoms with van der Waals surface area (Å²) in [7, 11) is 0. The standard InChI is InChI=1S/C16H22BrNO/c17-16-13(10-14-5-1-2-9-18-14)4-3-6-15(16)19-11-12-7-8-12/h3-4,6,12,14,18H,1-2,5,7-11H2. The third-order valence-electron chi connectivity index (χ3n) is 4.09. The lowest BCUT2D eigenvalue weighted by atomic mass is 9.98. The fourth-order valence-corrected chi connectivity index (χ4v) is 3.22. The summed E-state index contributed by atoms with van der Waals surface area (Å²) in [6.45, 7) is 2.05. The average molecular weight is 324 g/mol. The molecule has 1 atom stereocenters. The number of halogens is 1. The summed E-state index contributed by atoms with van der Waals surface area (Å²) in [5.74, 6) is 1.82. The van der Waals surface area contributed by atoms with E-state index in [-0.39, 0.29) is 0 Å². The molecule has 19 heavy (non-hydrogen) atoms. The van der Waals surface area contributed by atoms with E-state index in [0.29, 0.717) is 6.04 Å². The van der Waals surface area contributed by atoms with Gasteiger partial charge < -0.3 is 10.1 Å². The molecule has 1 unspecified atom stereocenters. The van der Waals surface area contributed by atoms with Crippen molar-refractivity contribution >= 4 is 15.9 Å². The number of nitrogens with one attached hydrogen (secondary N) is 1. The van der Waals surface area contributed by atoms with Crippen molar-refractivity contribution in [2.45, 2.75) is 44.6 Å². The van der Waals surface area contributed by atoms with Gasteiger partial charge in [-0.3, -0.25) is 0 Å². The number of hydrogen-bond donors (Lipinski definition) is 1. The van der Waals surface area contributed by atoms with E-state index in [4.69, 9.17) is 4.74 Å². The second-order valence-electron chi connectivity index (χ2n) is 5.83. The monoisotopic (exact) mass is 323 g/mol. The van der Waals surface area contributed by atoms with Crippen molar-refractivity contribution < 1.29 is 4.74 Å². The minimum atomic E-state index is 0.628. The van der Waals surface area contributed by atoms with Crippen LogP contribution in [0.1, 0.15) is 37.7 Å². The SMILES string of the molecule is Brc1c(CC2CCCCN2)cccc1OCC1CC1. The molecular weight excluding hydrogens is 302 g/mol. The minimum absolute atomic E-state index is 0.628. The fourth-order valence-electron chi connectivity index (χ4n) is 2.68. The topological polar surface area (TPSA) is 21.3 Å². The highest BCUT2D eigenvalue weighted by Crippen LogP contribution is 2.34. The van der Waals surface area contributed by atoms with Gasteiger partial charge in [-0.1, -0.05) is 18.6 Å². The smallest absolute Gasteiger partial charge is 0.133 e. The molecule has 1 heterocycles. The minimum Gasteiger partial charge on any atom is -0.492 e. The third-order valence-corrected chi connectivity index (χ3v) is 4.99. The van der Waals surface area contributed by atoms with Crippen molar-refractivity contribution in [1.82, 2.24) is 5.32 Å². The van der Waals surface area contributed by atoms with E-state index in [9.17, 15) is 0 Å². The molecule has 0 amide bonds. The lowest BCUT2D eigenvalue weighted by molar-refractivity contribution is 0.297. The molecule has 1 saturated carbocycles. The first-order valence-corrected chi connectivity index (χ1v) is 8.26. The zero-order valence-electron chi connectivity index (χ0n) is 11.3. The van der Waals surface area contributed by atoms with E-state index in [2.05, 4.69) is 39.4 Å². The van der Waals surface area contributed by atoms with Crippen LogP contribution in [0.5, 0.6) is 5.75 Å². The van der Waals surface area contributed by atoms with Crippen LogP contribution in [0.15, 0.2) is 22.7 Å². The molecule has 2 fully saturated rings. The third kappa shape index (κ3) is 3.73. The maximum absolute atomic E-state index is 5.92. The van der Waals surface area contributed by atoms with Crippen molar-refractivity contribution in [2.24, 2.45) is 5.92 Å². The van der Waals surface area contributed by atoms with Crippen LogP contribution < -0.4 is 10.1 Å². The van der Waals surface area contributed by atoms with Gasteiger partial charge in [0.05, 0.1) is 11.1 Å². The second-order valence-corrected chi connectivity index (χ2v) is 6.63. The van der Waals surface area contributed by atoms with Crippen molar-refractivity contribution in [3.05, 3.63) is 28.2 Å². The predicted octanol–water partition coefficient (Wildman–Crippen LogP) is 3.92. The number of rotatable bonds is 5. The summed E-state index contributed by atoms with van der Waals surface area (Å²) in [6.07, 6.45) is 7.74. The largest absolute Gasteiger partial charge is 0.492 e. The summed E-state index contributed by atoms with van der Waals surface area (Å²) in [5, 5.41) is 3.61. The highest BCUT2D eigenvalue weighted by atomic mass is 79.9. The Labute approximate surface area is 124 Å². The summed E-state index contributed by atoms with van der Waals surface area (Å²) >= 11 is 3.73. The van der Waals surface area contributed by atoms with Crippen molar-refractivity contribution in [2.75, 3.05) is 13.2 Å². The van der Waals surface area contributed by atoms with Gasteiger partial charge in [-0.05, 0) is 72.1 Å². The van der Waals surface area contributed by atoms with Gasteiger partial charge in [0.15, 0.2) is 0 Å². The van der Waals surface area contributed by atoms with Crippen molar-refractivity contribution in [3.8, 4) is 5.75 Å². The average Bonchev–Trinajstić information content (AvgIpc) is 3.25. The molecule has 1 N–H and O–H groups in total. The summed E-state index contributed by atoms with van der Waals surface area (Å²) in [5.41, 5.74) is 1.37. The van der Waals surface area contributed by atoms with Gasteiger partial charge in [-0.15, -0.1) is 0 Å². The normalized spacial score (nSPS) is 23.3. The Hall–Kier alpha value is -0.540. The van der Waals surface area contributed by atoms with Crippen LogP contribution in [0.3, 0.4) is 0 Å². The van der Waals surface area contributed by atoms with E-state index in [1.54, 1.807) is 0 Å². The highest BCUT2D eigenvalue weighted by Gasteiger charge is 2.22. The lowest BCUT2D eigenvalue weighted by Crippen LogP contribution is -2.35. The van der Waals surface area contributed by atoms with Crippen LogP contribution in [0, 0.1) is 5.92 Å². The maximum Gasteiger partial charge on any atom is 0.133 e. The van der Waals surface area contributed by atoms with Crippen LogP contribution in [0.4, 0.5) is 0 Å². The summed E-state index contributed by atoms with van der Waals surface area (Å²) in [4.78, 5) is 0. The second kappa shape index (κ2) is 6.27. The molecule has 0 aromatic heterocycles. The molecule has 2 nitrogen and oxygen atoms in total. The predicted molar refractivity (Wildman–Crippen MR) is 81.7 cm³/mol. The summed E-state index contributed by atoms with van der Waals surface area (Å²) < 4.78 is 7.08. The Bertz CT molecular complexity index is 425. The summed E-state index contributed by atoms with van der Waals surface area (Å²) in [6, 6.07) is 7.03. The molecule has 0 bridgehead atoms. The molecule has 0 radical (unpaired) electrons. The van der Waals surface area contributed by atoms with Crippen LogP contribution >= 0.6 is 15.9 Å². The van der Waals surface area contributed by atoms with Gasteiger partial charge in [0.25, 0.3) is 0 Å². The van der Waals surface area contributed by atoms with E-state index in [0.717, 1.165) is 29.2 Å². The molecule has 3 heteroatoms. The molecule has 1 aliphatic carbocycles. The van der Waals surface area contributed by atoms with E-state index >= 15 is 0 Å². The molecule has 0 spiro atoms. The molecule has 3 rings (SSSR count). The van der Waals surface area contributed by atoms with Gasteiger partial charge in [0.1, 0.15) is 5.75 Å². The van der Waals surface area contributed by atoms with Crippen LogP contribution in [-0.2, 0) is 6.42 Å². The molecular formula is C16H22BrNO. The zero-order valence-corrected chi connectivity index (χ0v) is 12.9. The first-order valence-electron chi connectivity index (χ1n) is 7.46. The zero-order chi connectivity index (χ0) is 13.1. The number of ether oxygens (including phenoxy) is 1. The molecule has 104 valence electrons. The maximum atomic E-state index is 5.92. The van der Waals surface area contributed by atoms with E-state index < -0.39 is 0 Å². The van der Waals surface area contributed by atoms with E-state index in [1.165, 1.54) is 44.2 Å². The van der Waals surface area contributed by atoms with Gasteiger partial charge in [0, 0.05) is 6.04 Å². The van der Waals surface area contributed by atoms with Crippen LogP contribution in [0.25, 0.3) is 0 Å². The fraction of sp³-hybridized carbons (Fsp3) is 0.625. The van der Waals surface area contributed by atoms with Gasteiger partial charge in [0.2, 0.25) is 0 Å². The lowest BCUT2D eigenvalue weighted by Gasteiger charge is -2.24. The quantitative estimate of drug-likeness (QED) is 0.886. The molecule has 1 aromatic carbocycles. The van der Waals surface area contributed by atoms with Gasteiger partial charge in [-0.2, -0.15) is 0 Å². The van der Waals surface area contributed by atoms with Gasteiger partial charge >= 0.3 is 0 Å². The molecule has 1 aromatic rings. The molecule has 2 aliphatic rings.